The molecule has 0 saturated heterocycles. The van der Waals surface area contributed by atoms with Gasteiger partial charge in [0.05, 0.1) is 7.11 Å². The molecule has 0 bridgehead atoms. The zero-order valence-corrected chi connectivity index (χ0v) is 13.0. The number of ketones is 1. The third-order valence-corrected chi connectivity index (χ3v) is 4.43. The number of methoxy groups -OCH3 is 1. The number of carbonyl (C=O) groups is 1. The molecule has 2 nitrogen and oxygen atoms in total. The van der Waals surface area contributed by atoms with Crippen LogP contribution in [0.25, 0.3) is 0 Å². The first-order valence-corrected chi connectivity index (χ1v) is 7.54. The quantitative estimate of drug-likeness (QED) is 0.843. The van der Waals surface area contributed by atoms with Crippen molar-refractivity contribution < 1.29 is 9.53 Å². The first-order valence-electron chi connectivity index (χ1n) is 7.54. The van der Waals surface area contributed by atoms with Crippen molar-refractivity contribution in [3.05, 3.63) is 77.4 Å². The fourth-order valence-corrected chi connectivity index (χ4v) is 3.45. The van der Waals surface area contributed by atoms with Crippen LogP contribution >= 0.6 is 0 Å². The van der Waals surface area contributed by atoms with Gasteiger partial charge in [-0.25, -0.2) is 0 Å². The van der Waals surface area contributed by atoms with E-state index in [0.29, 0.717) is 6.42 Å². The molecule has 3 rings (SSSR count). The van der Waals surface area contributed by atoms with Crippen molar-refractivity contribution in [2.24, 2.45) is 0 Å². The fraction of sp³-hybridized carbons (Fsp3) is 0.250. The van der Waals surface area contributed by atoms with Gasteiger partial charge >= 0.3 is 0 Å². The smallest absolute Gasteiger partial charge is 0.156 e. The molecule has 0 amide bonds. The van der Waals surface area contributed by atoms with Crippen LogP contribution in [-0.2, 0) is 10.2 Å². The van der Waals surface area contributed by atoms with E-state index in [1.807, 2.05) is 37.3 Å². The van der Waals surface area contributed by atoms with Crippen molar-refractivity contribution in [1.82, 2.24) is 0 Å². The molecule has 0 N–H and O–H groups in total. The van der Waals surface area contributed by atoms with E-state index in [0.717, 1.165) is 17.7 Å². The molecule has 1 aliphatic carbocycles. The normalized spacial score (nSPS) is 21.4. The van der Waals surface area contributed by atoms with E-state index in [1.165, 1.54) is 11.1 Å². The van der Waals surface area contributed by atoms with Crippen LogP contribution in [0.5, 0.6) is 5.75 Å². The fourth-order valence-electron chi connectivity index (χ4n) is 3.45. The van der Waals surface area contributed by atoms with Crippen LogP contribution in [0.1, 0.15) is 30.9 Å². The maximum Gasteiger partial charge on any atom is 0.156 e. The summed E-state index contributed by atoms with van der Waals surface area (Å²) in [6, 6.07) is 18.4. The van der Waals surface area contributed by atoms with Crippen molar-refractivity contribution in [3.8, 4) is 5.75 Å². The Morgan fingerprint density at radius 3 is 2.14 bits per heavy atom. The summed E-state index contributed by atoms with van der Waals surface area (Å²) in [5.41, 5.74) is 3.22. The van der Waals surface area contributed by atoms with Gasteiger partial charge in [-0.1, -0.05) is 48.0 Å². The van der Waals surface area contributed by atoms with Gasteiger partial charge in [0.1, 0.15) is 5.75 Å². The molecule has 0 radical (unpaired) electrons. The molecule has 1 aliphatic rings. The SMILES string of the molecule is COc1ccc(C2(c3ccccc3)CC(=O)C=C(C)C2)cc1. The standard InChI is InChI=1S/C20H20O2/c1-15-12-18(21)14-20(13-15,16-6-4-3-5-7-16)17-8-10-19(22-2)11-9-17/h3-12H,13-14H2,1-2H3. The molecule has 22 heavy (non-hydrogen) atoms. The topological polar surface area (TPSA) is 26.3 Å². The minimum atomic E-state index is -0.274. The highest BCUT2D eigenvalue weighted by molar-refractivity contribution is 5.93. The maximum absolute atomic E-state index is 12.3. The average Bonchev–Trinajstić information content (AvgIpc) is 2.55. The van der Waals surface area contributed by atoms with E-state index in [-0.39, 0.29) is 11.2 Å². The Labute approximate surface area is 131 Å². The molecule has 0 aromatic heterocycles. The van der Waals surface area contributed by atoms with E-state index < -0.39 is 0 Å². The number of benzene rings is 2. The molecule has 0 aliphatic heterocycles. The molecular formula is C20H20O2. The lowest BCUT2D eigenvalue weighted by molar-refractivity contribution is -0.116. The third kappa shape index (κ3) is 2.57. The first kappa shape index (κ1) is 14.6. The number of rotatable bonds is 3. The minimum Gasteiger partial charge on any atom is -0.497 e. The molecule has 2 aromatic rings. The molecule has 2 heteroatoms. The van der Waals surface area contributed by atoms with E-state index in [1.54, 1.807) is 13.2 Å². The number of hydrogen-bond acceptors (Lipinski definition) is 2. The Balaban J connectivity index is 2.15. The van der Waals surface area contributed by atoms with Gasteiger partial charge in [0.2, 0.25) is 0 Å². The first-order chi connectivity index (χ1) is 10.6. The second kappa shape index (κ2) is 5.80. The zero-order valence-electron chi connectivity index (χ0n) is 13.0. The van der Waals surface area contributed by atoms with E-state index in [4.69, 9.17) is 4.74 Å². The van der Waals surface area contributed by atoms with Crippen LogP contribution in [-0.4, -0.2) is 12.9 Å². The Kier molecular flexibility index (Phi) is 3.84. The Bertz CT molecular complexity index is 698. The number of ether oxygens (including phenoxy) is 1. The van der Waals surface area contributed by atoms with Crippen LogP contribution in [0.2, 0.25) is 0 Å². The van der Waals surface area contributed by atoms with Gasteiger partial charge in [-0.05, 0) is 42.7 Å². The van der Waals surface area contributed by atoms with Crippen LogP contribution in [0.3, 0.4) is 0 Å². The van der Waals surface area contributed by atoms with Gasteiger partial charge < -0.3 is 4.74 Å². The summed E-state index contributed by atoms with van der Waals surface area (Å²) in [7, 11) is 1.67. The molecule has 2 aromatic carbocycles. The molecule has 1 unspecified atom stereocenters. The second-order valence-corrected chi connectivity index (χ2v) is 5.99. The lowest BCUT2D eigenvalue weighted by Crippen LogP contribution is -2.33. The summed E-state index contributed by atoms with van der Waals surface area (Å²) < 4.78 is 5.26. The number of hydrogen-bond donors (Lipinski definition) is 0. The highest BCUT2D eigenvalue weighted by Crippen LogP contribution is 2.44. The van der Waals surface area contributed by atoms with Crippen molar-refractivity contribution in [2.75, 3.05) is 7.11 Å². The highest BCUT2D eigenvalue weighted by atomic mass is 16.5. The summed E-state index contributed by atoms with van der Waals surface area (Å²) >= 11 is 0. The van der Waals surface area contributed by atoms with E-state index >= 15 is 0 Å². The van der Waals surface area contributed by atoms with Crippen molar-refractivity contribution in [1.29, 1.82) is 0 Å². The largest absolute Gasteiger partial charge is 0.497 e. The maximum atomic E-state index is 12.3. The van der Waals surface area contributed by atoms with Crippen molar-refractivity contribution >= 4 is 5.78 Å². The predicted molar refractivity (Wildman–Crippen MR) is 88.2 cm³/mol. The van der Waals surface area contributed by atoms with Gasteiger partial charge in [0.15, 0.2) is 5.78 Å². The number of carbonyl (C=O) groups excluding carboxylic acids is 1. The average molecular weight is 292 g/mol. The third-order valence-electron chi connectivity index (χ3n) is 4.43. The lowest BCUT2D eigenvalue weighted by Gasteiger charge is -2.37. The van der Waals surface area contributed by atoms with Crippen molar-refractivity contribution in [2.45, 2.75) is 25.2 Å². The Hall–Kier alpha value is -2.35. The monoisotopic (exact) mass is 292 g/mol. The molecule has 112 valence electrons. The van der Waals surface area contributed by atoms with Crippen molar-refractivity contribution in [3.63, 3.8) is 0 Å². The molecule has 0 saturated carbocycles. The van der Waals surface area contributed by atoms with E-state index in [2.05, 4.69) is 24.3 Å². The molecule has 0 heterocycles. The van der Waals surface area contributed by atoms with Crippen LogP contribution < -0.4 is 4.74 Å². The molecule has 0 fully saturated rings. The summed E-state index contributed by atoms with van der Waals surface area (Å²) in [5, 5.41) is 0. The lowest BCUT2D eigenvalue weighted by atomic mass is 9.65. The van der Waals surface area contributed by atoms with Crippen LogP contribution in [0.4, 0.5) is 0 Å². The van der Waals surface area contributed by atoms with Crippen LogP contribution in [0.15, 0.2) is 66.2 Å². The Morgan fingerprint density at radius 2 is 1.55 bits per heavy atom. The minimum absolute atomic E-state index is 0.198. The highest BCUT2D eigenvalue weighted by Gasteiger charge is 2.38. The van der Waals surface area contributed by atoms with Gasteiger partial charge in [-0.3, -0.25) is 4.79 Å². The van der Waals surface area contributed by atoms with Gasteiger partial charge in [0.25, 0.3) is 0 Å². The van der Waals surface area contributed by atoms with Gasteiger partial charge in [0, 0.05) is 11.8 Å². The molecule has 0 spiro atoms. The molecule has 1 atom stereocenters. The van der Waals surface area contributed by atoms with Gasteiger partial charge in [-0.15, -0.1) is 0 Å². The van der Waals surface area contributed by atoms with E-state index in [9.17, 15) is 4.79 Å². The summed E-state index contributed by atoms with van der Waals surface area (Å²) in [6.07, 6.45) is 3.17. The number of allylic oxidation sites excluding steroid dienone is 2. The zero-order chi connectivity index (χ0) is 15.6. The summed E-state index contributed by atoms with van der Waals surface area (Å²) in [6.45, 7) is 2.04. The van der Waals surface area contributed by atoms with Gasteiger partial charge in [-0.2, -0.15) is 0 Å². The Morgan fingerprint density at radius 1 is 0.909 bits per heavy atom. The predicted octanol–water partition coefficient (Wildman–Crippen LogP) is 4.29. The summed E-state index contributed by atoms with van der Waals surface area (Å²) in [5.74, 6) is 1.03. The summed E-state index contributed by atoms with van der Waals surface area (Å²) in [4.78, 5) is 12.3. The molecular weight excluding hydrogens is 272 g/mol. The van der Waals surface area contributed by atoms with Crippen LogP contribution in [0, 0.1) is 0 Å². The second-order valence-electron chi connectivity index (χ2n) is 5.99.